The highest BCUT2D eigenvalue weighted by Gasteiger charge is 2.16. The van der Waals surface area contributed by atoms with Crippen LogP contribution in [0.2, 0.25) is 0 Å². The van der Waals surface area contributed by atoms with E-state index in [2.05, 4.69) is 64.1 Å². The second kappa shape index (κ2) is 14.6. The maximum absolute atomic E-state index is 12.0. The Hall–Kier alpha value is -1.35. The van der Waals surface area contributed by atoms with Crippen LogP contribution < -0.4 is 16.0 Å². The zero-order chi connectivity index (χ0) is 20.2. The lowest BCUT2D eigenvalue weighted by Crippen LogP contribution is -2.42. The zero-order valence-electron chi connectivity index (χ0n) is 18.1. The number of carbonyl (C=O) groups is 1. The Morgan fingerprint density at radius 2 is 1.83 bits per heavy atom. The van der Waals surface area contributed by atoms with E-state index in [4.69, 9.17) is 0 Å². The van der Waals surface area contributed by atoms with Gasteiger partial charge in [-0.3, -0.25) is 14.7 Å². The van der Waals surface area contributed by atoms with Gasteiger partial charge in [0.1, 0.15) is 0 Å². The number of hydrogen-bond donors (Lipinski definition) is 3. The lowest BCUT2D eigenvalue weighted by molar-refractivity contribution is -0.121. The maximum atomic E-state index is 12.0. The van der Waals surface area contributed by atoms with E-state index in [1.807, 2.05) is 6.07 Å². The number of nitrogens with zero attached hydrogens (tertiary/aromatic N) is 2. The molecule has 2 rings (SSSR count). The lowest BCUT2D eigenvalue weighted by Gasteiger charge is -2.25. The van der Waals surface area contributed by atoms with Crippen LogP contribution in [0.3, 0.4) is 0 Å². The SMILES string of the molecule is CN=C(NCCC(=O)NC1CCCC1)NCCC(C)N(C)Cc1ccccc1.I. The number of aliphatic imine (C=N–C) groups is 1. The largest absolute Gasteiger partial charge is 0.356 e. The van der Waals surface area contributed by atoms with Crippen LogP contribution in [0.5, 0.6) is 0 Å². The Kier molecular flexibility index (Phi) is 12.9. The first-order valence-corrected chi connectivity index (χ1v) is 10.6. The Morgan fingerprint density at radius 1 is 1.17 bits per heavy atom. The summed E-state index contributed by atoms with van der Waals surface area (Å²) in [5, 5.41) is 9.70. The second-order valence-corrected chi connectivity index (χ2v) is 7.76. The third-order valence-electron chi connectivity index (χ3n) is 5.47. The number of benzene rings is 1. The molecule has 6 nitrogen and oxygen atoms in total. The Balaban J connectivity index is 0.00000420. The number of carbonyl (C=O) groups excluding carboxylic acids is 1. The van der Waals surface area contributed by atoms with Gasteiger partial charge in [0.2, 0.25) is 5.91 Å². The highest BCUT2D eigenvalue weighted by molar-refractivity contribution is 14.0. The molecule has 3 N–H and O–H groups in total. The highest BCUT2D eigenvalue weighted by atomic mass is 127. The average molecular weight is 515 g/mol. The van der Waals surface area contributed by atoms with Gasteiger partial charge in [-0.1, -0.05) is 43.2 Å². The quantitative estimate of drug-likeness (QED) is 0.255. The summed E-state index contributed by atoms with van der Waals surface area (Å²) in [6.45, 7) is 4.63. The van der Waals surface area contributed by atoms with E-state index in [0.29, 0.717) is 25.0 Å². The van der Waals surface area contributed by atoms with Crippen LogP contribution in [-0.2, 0) is 11.3 Å². The van der Waals surface area contributed by atoms with E-state index < -0.39 is 0 Å². The van der Waals surface area contributed by atoms with Crippen LogP contribution >= 0.6 is 24.0 Å². The molecular formula is C22H38IN5O. The predicted octanol–water partition coefficient (Wildman–Crippen LogP) is 3.13. The van der Waals surface area contributed by atoms with E-state index in [0.717, 1.165) is 38.3 Å². The summed E-state index contributed by atoms with van der Waals surface area (Å²) < 4.78 is 0. The maximum Gasteiger partial charge on any atom is 0.221 e. The molecule has 0 heterocycles. The number of amides is 1. The molecule has 0 radical (unpaired) electrons. The van der Waals surface area contributed by atoms with Gasteiger partial charge >= 0.3 is 0 Å². The van der Waals surface area contributed by atoms with Gasteiger partial charge in [0, 0.05) is 45.2 Å². The molecule has 164 valence electrons. The monoisotopic (exact) mass is 515 g/mol. The Morgan fingerprint density at radius 3 is 2.48 bits per heavy atom. The van der Waals surface area contributed by atoms with Gasteiger partial charge in [0.05, 0.1) is 0 Å². The van der Waals surface area contributed by atoms with E-state index in [-0.39, 0.29) is 29.9 Å². The van der Waals surface area contributed by atoms with E-state index in [1.54, 1.807) is 7.05 Å². The zero-order valence-corrected chi connectivity index (χ0v) is 20.4. The first-order valence-electron chi connectivity index (χ1n) is 10.6. The fraction of sp³-hybridized carbons (Fsp3) is 0.636. The first-order chi connectivity index (χ1) is 13.6. The summed E-state index contributed by atoms with van der Waals surface area (Å²) in [7, 11) is 3.92. The van der Waals surface area contributed by atoms with Crippen molar-refractivity contribution in [3.05, 3.63) is 35.9 Å². The molecule has 1 fully saturated rings. The second-order valence-electron chi connectivity index (χ2n) is 7.76. The molecule has 1 atom stereocenters. The molecular weight excluding hydrogens is 477 g/mol. The summed E-state index contributed by atoms with van der Waals surface area (Å²) in [5.74, 6) is 0.887. The van der Waals surface area contributed by atoms with E-state index >= 15 is 0 Å². The Labute approximate surface area is 193 Å². The molecule has 1 saturated carbocycles. The summed E-state index contributed by atoms with van der Waals surface area (Å²) >= 11 is 0. The van der Waals surface area contributed by atoms with Gasteiger partial charge in [-0.25, -0.2) is 0 Å². The molecule has 29 heavy (non-hydrogen) atoms. The van der Waals surface area contributed by atoms with Crippen molar-refractivity contribution >= 4 is 35.8 Å². The van der Waals surface area contributed by atoms with Crippen LogP contribution in [0, 0.1) is 0 Å². The third-order valence-corrected chi connectivity index (χ3v) is 5.47. The third kappa shape index (κ3) is 10.3. The van der Waals surface area contributed by atoms with E-state index in [1.165, 1.54) is 18.4 Å². The average Bonchev–Trinajstić information content (AvgIpc) is 3.20. The number of halogens is 1. The number of guanidine groups is 1. The smallest absolute Gasteiger partial charge is 0.221 e. The molecule has 0 aliphatic heterocycles. The molecule has 1 aliphatic carbocycles. The van der Waals surface area contributed by atoms with Crippen molar-refractivity contribution in [3.63, 3.8) is 0 Å². The molecule has 1 aromatic carbocycles. The molecule has 1 amide bonds. The minimum atomic E-state index is 0. The van der Waals surface area contributed by atoms with Crippen LogP contribution in [0.25, 0.3) is 0 Å². The fourth-order valence-corrected chi connectivity index (χ4v) is 3.53. The fourth-order valence-electron chi connectivity index (χ4n) is 3.53. The normalized spacial score (nSPS) is 15.7. The summed E-state index contributed by atoms with van der Waals surface area (Å²) in [4.78, 5) is 18.6. The molecule has 1 aromatic rings. The van der Waals surface area contributed by atoms with Gasteiger partial charge in [-0.15, -0.1) is 24.0 Å². The van der Waals surface area contributed by atoms with E-state index in [9.17, 15) is 4.79 Å². The van der Waals surface area contributed by atoms with Gasteiger partial charge in [-0.05, 0) is 38.8 Å². The minimum absolute atomic E-state index is 0. The molecule has 7 heteroatoms. The predicted molar refractivity (Wildman–Crippen MR) is 132 cm³/mol. The summed E-state index contributed by atoms with van der Waals surface area (Å²) in [5.41, 5.74) is 1.33. The molecule has 0 bridgehead atoms. The molecule has 1 aliphatic rings. The topological polar surface area (TPSA) is 68.8 Å². The van der Waals surface area contributed by atoms with Crippen molar-refractivity contribution in [3.8, 4) is 0 Å². The van der Waals surface area contributed by atoms with Crippen molar-refractivity contribution in [2.75, 3.05) is 27.2 Å². The lowest BCUT2D eigenvalue weighted by atomic mass is 10.1. The van der Waals surface area contributed by atoms with Gasteiger partial charge in [-0.2, -0.15) is 0 Å². The van der Waals surface area contributed by atoms with Crippen molar-refractivity contribution in [2.45, 2.75) is 64.1 Å². The van der Waals surface area contributed by atoms with Crippen LogP contribution in [0.4, 0.5) is 0 Å². The van der Waals surface area contributed by atoms with Crippen LogP contribution in [0.15, 0.2) is 35.3 Å². The minimum Gasteiger partial charge on any atom is -0.356 e. The van der Waals surface area contributed by atoms with Crippen LogP contribution in [-0.4, -0.2) is 56.0 Å². The van der Waals surface area contributed by atoms with Crippen molar-refractivity contribution in [1.82, 2.24) is 20.9 Å². The van der Waals surface area contributed by atoms with Crippen molar-refractivity contribution < 1.29 is 4.79 Å². The summed E-state index contributed by atoms with van der Waals surface area (Å²) in [6.07, 6.45) is 6.22. The molecule has 0 spiro atoms. The molecule has 1 unspecified atom stereocenters. The van der Waals surface area contributed by atoms with Crippen molar-refractivity contribution in [1.29, 1.82) is 0 Å². The number of nitrogens with one attached hydrogen (secondary N) is 3. The number of rotatable bonds is 10. The molecule has 0 saturated heterocycles. The van der Waals surface area contributed by atoms with Gasteiger partial charge in [0.15, 0.2) is 5.96 Å². The van der Waals surface area contributed by atoms with Crippen LogP contribution in [0.1, 0.15) is 51.0 Å². The Bertz CT molecular complexity index is 604. The summed E-state index contributed by atoms with van der Waals surface area (Å²) in [6, 6.07) is 11.4. The molecule has 0 aromatic heterocycles. The van der Waals surface area contributed by atoms with Crippen molar-refractivity contribution in [2.24, 2.45) is 4.99 Å². The number of hydrogen-bond acceptors (Lipinski definition) is 3. The highest BCUT2D eigenvalue weighted by Crippen LogP contribution is 2.17. The first kappa shape index (κ1) is 25.7. The van der Waals surface area contributed by atoms with Gasteiger partial charge in [0.25, 0.3) is 0 Å². The van der Waals surface area contributed by atoms with Gasteiger partial charge < -0.3 is 16.0 Å². The standard InChI is InChI=1S/C22H37N5O.HI/c1-18(27(3)17-19-9-5-4-6-10-19)13-15-24-22(23-2)25-16-14-21(28)26-20-11-7-8-12-20;/h4-6,9-10,18,20H,7-8,11-17H2,1-3H3,(H,26,28)(H2,23,24,25);1H.